The van der Waals surface area contributed by atoms with E-state index < -0.39 is 0 Å². The zero-order valence-electron chi connectivity index (χ0n) is 14.9. The molecule has 1 N–H and O–H groups in total. The first-order valence-corrected chi connectivity index (χ1v) is 9.05. The average Bonchev–Trinajstić information content (AvgIpc) is 2.72. The molecule has 27 heavy (non-hydrogen) atoms. The number of carbonyl (C=O) groups is 1. The van der Waals surface area contributed by atoms with Gasteiger partial charge in [0.05, 0.1) is 0 Å². The number of anilines is 2. The summed E-state index contributed by atoms with van der Waals surface area (Å²) in [7, 11) is 0. The quantitative estimate of drug-likeness (QED) is 0.748. The van der Waals surface area contributed by atoms with Crippen molar-refractivity contribution in [2.45, 2.75) is 19.4 Å². The van der Waals surface area contributed by atoms with Gasteiger partial charge in [0.2, 0.25) is 0 Å². The Balaban J connectivity index is 1.51. The third kappa shape index (κ3) is 3.82. The van der Waals surface area contributed by atoms with Crippen LogP contribution in [0.2, 0.25) is 0 Å². The van der Waals surface area contributed by atoms with E-state index in [1.54, 1.807) is 30.5 Å². The molecule has 0 bridgehead atoms. The van der Waals surface area contributed by atoms with Gasteiger partial charge in [-0.25, -0.2) is 9.37 Å². The Bertz CT molecular complexity index is 956. The molecule has 5 heteroatoms. The van der Waals surface area contributed by atoms with Crippen LogP contribution in [0.15, 0.2) is 66.9 Å². The Morgan fingerprint density at radius 2 is 1.93 bits per heavy atom. The Labute approximate surface area is 157 Å². The van der Waals surface area contributed by atoms with E-state index in [0.717, 1.165) is 30.6 Å². The fraction of sp³-hybridized carbons (Fsp3) is 0.182. The van der Waals surface area contributed by atoms with Gasteiger partial charge in [0.25, 0.3) is 5.91 Å². The number of benzene rings is 2. The third-order valence-electron chi connectivity index (χ3n) is 4.75. The first-order valence-electron chi connectivity index (χ1n) is 9.05. The van der Waals surface area contributed by atoms with Gasteiger partial charge in [0.15, 0.2) is 0 Å². The van der Waals surface area contributed by atoms with Crippen molar-refractivity contribution < 1.29 is 9.18 Å². The molecule has 4 nitrogen and oxygen atoms in total. The number of hydrogen-bond donors (Lipinski definition) is 1. The van der Waals surface area contributed by atoms with Crippen molar-refractivity contribution in [1.29, 1.82) is 0 Å². The highest BCUT2D eigenvalue weighted by Gasteiger charge is 2.23. The fourth-order valence-electron chi connectivity index (χ4n) is 3.36. The minimum Gasteiger partial charge on any atom is -0.366 e. The molecule has 0 spiro atoms. The standard InChI is InChI=1S/C22H20FN3O/c23-19-9-7-16(8-10-19)15-25-21-14-18(11-12-24-21)22(27)26-13-3-5-17-4-1-2-6-20(17)26/h1-2,4,6-12,14H,3,5,13,15H2,(H,24,25). The van der Waals surface area contributed by atoms with Gasteiger partial charge < -0.3 is 10.2 Å². The molecule has 0 aliphatic carbocycles. The van der Waals surface area contributed by atoms with Crippen molar-refractivity contribution in [1.82, 2.24) is 4.98 Å². The first-order chi connectivity index (χ1) is 13.2. The van der Waals surface area contributed by atoms with Crippen LogP contribution in [0, 0.1) is 5.82 Å². The molecule has 0 unspecified atom stereocenters. The summed E-state index contributed by atoms with van der Waals surface area (Å²) in [6.45, 7) is 1.23. The second-order valence-electron chi connectivity index (χ2n) is 6.60. The minimum absolute atomic E-state index is 0.0191. The van der Waals surface area contributed by atoms with Gasteiger partial charge in [0.1, 0.15) is 11.6 Å². The molecular weight excluding hydrogens is 341 g/mol. The monoisotopic (exact) mass is 361 g/mol. The molecule has 2 aromatic carbocycles. The average molecular weight is 361 g/mol. The number of nitrogens with one attached hydrogen (secondary N) is 1. The number of hydrogen-bond acceptors (Lipinski definition) is 3. The smallest absolute Gasteiger partial charge is 0.258 e. The lowest BCUT2D eigenvalue weighted by Crippen LogP contribution is -2.35. The molecule has 1 amide bonds. The summed E-state index contributed by atoms with van der Waals surface area (Å²) in [5, 5.41) is 3.19. The molecular formula is C22H20FN3O. The number of pyridine rings is 1. The molecule has 4 rings (SSSR count). The van der Waals surface area contributed by atoms with E-state index in [9.17, 15) is 9.18 Å². The Kier molecular flexibility index (Phi) is 4.83. The van der Waals surface area contributed by atoms with Gasteiger partial charge in [-0.15, -0.1) is 0 Å². The largest absolute Gasteiger partial charge is 0.366 e. The molecule has 0 saturated heterocycles. The summed E-state index contributed by atoms with van der Waals surface area (Å²) in [5.74, 6) is 0.344. The van der Waals surface area contributed by atoms with Crippen LogP contribution in [0.25, 0.3) is 0 Å². The van der Waals surface area contributed by atoms with Crippen LogP contribution >= 0.6 is 0 Å². The van der Waals surface area contributed by atoms with E-state index in [2.05, 4.69) is 16.4 Å². The van der Waals surface area contributed by atoms with Crippen LogP contribution in [-0.4, -0.2) is 17.4 Å². The number of aryl methyl sites for hydroxylation is 1. The van der Waals surface area contributed by atoms with Crippen molar-refractivity contribution in [3.63, 3.8) is 0 Å². The molecule has 1 aliphatic heterocycles. The number of fused-ring (bicyclic) bond motifs is 1. The van der Waals surface area contributed by atoms with Gasteiger partial charge in [-0.1, -0.05) is 30.3 Å². The molecule has 1 aliphatic rings. The second-order valence-corrected chi connectivity index (χ2v) is 6.60. The first kappa shape index (κ1) is 17.2. The zero-order chi connectivity index (χ0) is 18.6. The SMILES string of the molecule is O=C(c1ccnc(NCc2ccc(F)cc2)c1)N1CCCc2ccccc21. The van der Waals surface area contributed by atoms with Crippen molar-refractivity contribution in [2.75, 3.05) is 16.8 Å². The van der Waals surface area contributed by atoms with Gasteiger partial charge >= 0.3 is 0 Å². The summed E-state index contributed by atoms with van der Waals surface area (Å²) in [6.07, 6.45) is 3.60. The number of para-hydroxylation sites is 1. The summed E-state index contributed by atoms with van der Waals surface area (Å²) in [6, 6.07) is 17.9. The van der Waals surface area contributed by atoms with Crippen LogP contribution in [0.4, 0.5) is 15.9 Å². The highest BCUT2D eigenvalue weighted by molar-refractivity contribution is 6.07. The molecule has 0 saturated carbocycles. The normalized spacial score (nSPS) is 13.1. The number of rotatable bonds is 4. The zero-order valence-corrected chi connectivity index (χ0v) is 14.9. The van der Waals surface area contributed by atoms with Gasteiger partial charge in [0, 0.05) is 30.5 Å². The van der Waals surface area contributed by atoms with Crippen LogP contribution < -0.4 is 10.2 Å². The van der Waals surface area contributed by atoms with Crippen LogP contribution in [-0.2, 0) is 13.0 Å². The lowest BCUT2D eigenvalue weighted by molar-refractivity contribution is 0.0985. The second kappa shape index (κ2) is 7.58. The van der Waals surface area contributed by atoms with Crippen LogP contribution in [0.5, 0.6) is 0 Å². The van der Waals surface area contributed by atoms with Crippen molar-refractivity contribution in [2.24, 2.45) is 0 Å². The summed E-state index contributed by atoms with van der Waals surface area (Å²) in [4.78, 5) is 19.2. The van der Waals surface area contributed by atoms with Crippen LogP contribution in [0.3, 0.4) is 0 Å². The van der Waals surface area contributed by atoms with E-state index in [1.165, 1.54) is 17.7 Å². The predicted molar refractivity (Wildman–Crippen MR) is 104 cm³/mol. The molecule has 3 aromatic rings. The summed E-state index contributed by atoms with van der Waals surface area (Å²) in [5.41, 5.74) is 3.75. The van der Waals surface area contributed by atoms with Crippen molar-refractivity contribution in [3.05, 3.63) is 89.4 Å². The van der Waals surface area contributed by atoms with E-state index in [4.69, 9.17) is 0 Å². The maximum Gasteiger partial charge on any atom is 0.258 e. The Hall–Kier alpha value is -3.21. The van der Waals surface area contributed by atoms with Crippen LogP contribution in [0.1, 0.15) is 27.9 Å². The van der Waals surface area contributed by atoms with E-state index in [-0.39, 0.29) is 11.7 Å². The van der Waals surface area contributed by atoms with E-state index in [1.807, 2.05) is 23.1 Å². The Morgan fingerprint density at radius 3 is 2.78 bits per heavy atom. The topological polar surface area (TPSA) is 45.2 Å². The Morgan fingerprint density at radius 1 is 1.11 bits per heavy atom. The lowest BCUT2D eigenvalue weighted by atomic mass is 10.0. The maximum atomic E-state index is 13.1. The number of nitrogens with zero attached hydrogens (tertiary/aromatic N) is 2. The third-order valence-corrected chi connectivity index (χ3v) is 4.75. The van der Waals surface area contributed by atoms with Gasteiger partial charge in [-0.2, -0.15) is 0 Å². The number of halogens is 1. The highest BCUT2D eigenvalue weighted by atomic mass is 19.1. The van der Waals surface area contributed by atoms with E-state index >= 15 is 0 Å². The lowest BCUT2D eigenvalue weighted by Gasteiger charge is -2.29. The molecule has 0 atom stereocenters. The highest BCUT2D eigenvalue weighted by Crippen LogP contribution is 2.28. The van der Waals surface area contributed by atoms with Crippen molar-refractivity contribution >= 4 is 17.4 Å². The number of carbonyl (C=O) groups excluding carboxylic acids is 1. The molecule has 136 valence electrons. The molecule has 0 fully saturated rings. The predicted octanol–water partition coefficient (Wildman–Crippen LogP) is 4.43. The van der Waals surface area contributed by atoms with Crippen molar-refractivity contribution in [3.8, 4) is 0 Å². The molecule has 2 heterocycles. The molecule has 0 radical (unpaired) electrons. The maximum absolute atomic E-state index is 13.1. The fourth-order valence-corrected chi connectivity index (χ4v) is 3.36. The summed E-state index contributed by atoms with van der Waals surface area (Å²) >= 11 is 0. The molecule has 1 aromatic heterocycles. The van der Waals surface area contributed by atoms with Gasteiger partial charge in [-0.3, -0.25) is 4.79 Å². The number of aromatic nitrogens is 1. The minimum atomic E-state index is -0.258. The van der Waals surface area contributed by atoms with Gasteiger partial charge in [-0.05, 0) is 54.3 Å². The summed E-state index contributed by atoms with van der Waals surface area (Å²) < 4.78 is 13.0. The van der Waals surface area contributed by atoms with E-state index in [0.29, 0.717) is 17.9 Å². The number of amides is 1.